The van der Waals surface area contributed by atoms with Gasteiger partial charge in [-0.15, -0.1) is 0 Å². The van der Waals surface area contributed by atoms with E-state index in [0.717, 1.165) is 40.4 Å². The van der Waals surface area contributed by atoms with Gasteiger partial charge < -0.3 is 14.8 Å². The van der Waals surface area contributed by atoms with Crippen LogP contribution in [0.2, 0.25) is 0 Å². The molecule has 1 heterocycles. The van der Waals surface area contributed by atoms with E-state index in [1.807, 2.05) is 6.07 Å². The van der Waals surface area contributed by atoms with Crippen LogP contribution in [-0.4, -0.2) is 12.8 Å². The molecule has 0 amide bonds. The average molecular weight is 324 g/mol. The first-order chi connectivity index (χ1) is 9.29. The third-order valence-electron chi connectivity index (χ3n) is 4.83. The molecule has 2 bridgehead atoms. The van der Waals surface area contributed by atoms with Crippen LogP contribution in [0.15, 0.2) is 16.6 Å². The van der Waals surface area contributed by atoms with Crippen molar-refractivity contribution in [2.75, 3.05) is 6.79 Å². The summed E-state index contributed by atoms with van der Waals surface area (Å²) in [6.45, 7) is 1.25. The second-order valence-corrected chi connectivity index (χ2v) is 6.81. The van der Waals surface area contributed by atoms with E-state index in [1.165, 1.54) is 31.2 Å². The summed E-state index contributed by atoms with van der Waals surface area (Å²) in [4.78, 5) is 0. The van der Waals surface area contributed by atoms with Crippen LogP contribution in [0.3, 0.4) is 0 Å². The molecular weight excluding hydrogens is 306 g/mol. The predicted molar refractivity (Wildman–Crippen MR) is 76.3 cm³/mol. The van der Waals surface area contributed by atoms with Crippen LogP contribution in [0, 0.1) is 11.8 Å². The van der Waals surface area contributed by atoms with Gasteiger partial charge in [-0.2, -0.15) is 0 Å². The van der Waals surface area contributed by atoms with Gasteiger partial charge in [0.15, 0.2) is 11.5 Å². The maximum absolute atomic E-state index is 5.44. The van der Waals surface area contributed by atoms with Gasteiger partial charge in [0.2, 0.25) is 6.79 Å². The fourth-order valence-corrected chi connectivity index (χ4v) is 4.29. The highest BCUT2D eigenvalue weighted by Crippen LogP contribution is 2.44. The molecule has 3 nitrogen and oxygen atoms in total. The van der Waals surface area contributed by atoms with Crippen LogP contribution in [0.25, 0.3) is 0 Å². The van der Waals surface area contributed by atoms with E-state index in [4.69, 9.17) is 9.47 Å². The van der Waals surface area contributed by atoms with Gasteiger partial charge in [0.1, 0.15) is 0 Å². The number of hydrogen-bond donors (Lipinski definition) is 1. The Labute approximate surface area is 121 Å². The maximum atomic E-state index is 5.44. The first-order valence-electron chi connectivity index (χ1n) is 7.11. The van der Waals surface area contributed by atoms with Gasteiger partial charge in [0.25, 0.3) is 0 Å². The van der Waals surface area contributed by atoms with Crippen LogP contribution < -0.4 is 14.8 Å². The standard InChI is InChI=1S/C15H18BrNO2/c16-12-6-15-14(18-8-19-15)5-11(12)7-17-13-4-9-1-2-10(13)3-9/h5-6,9-10,13,17H,1-4,7-8H2. The van der Waals surface area contributed by atoms with E-state index in [9.17, 15) is 0 Å². The number of fused-ring (bicyclic) bond motifs is 3. The summed E-state index contributed by atoms with van der Waals surface area (Å²) in [5, 5.41) is 3.73. The Hall–Kier alpha value is -0.740. The second kappa shape index (κ2) is 4.67. The Morgan fingerprint density at radius 1 is 1.16 bits per heavy atom. The second-order valence-electron chi connectivity index (χ2n) is 5.96. The van der Waals surface area contributed by atoms with Gasteiger partial charge in [-0.3, -0.25) is 0 Å². The summed E-state index contributed by atoms with van der Waals surface area (Å²) in [7, 11) is 0. The van der Waals surface area contributed by atoms with Gasteiger partial charge in [0, 0.05) is 17.1 Å². The maximum Gasteiger partial charge on any atom is 0.231 e. The fraction of sp³-hybridized carbons (Fsp3) is 0.600. The third kappa shape index (κ3) is 2.15. The SMILES string of the molecule is Brc1cc2c(cc1CNC1CC3CCC1C3)OCO2. The molecule has 1 aromatic rings. The molecule has 0 radical (unpaired) electrons. The Morgan fingerprint density at radius 3 is 2.74 bits per heavy atom. The monoisotopic (exact) mass is 323 g/mol. The first kappa shape index (κ1) is 12.0. The lowest BCUT2D eigenvalue weighted by Crippen LogP contribution is -2.33. The lowest BCUT2D eigenvalue weighted by Gasteiger charge is -2.23. The van der Waals surface area contributed by atoms with Crippen molar-refractivity contribution in [2.45, 2.75) is 38.3 Å². The highest BCUT2D eigenvalue weighted by atomic mass is 79.9. The first-order valence-corrected chi connectivity index (χ1v) is 7.90. The fourth-order valence-electron chi connectivity index (χ4n) is 3.83. The molecule has 19 heavy (non-hydrogen) atoms. The van der Waals surface area contributed by atoms with Gasteiger partial charge in [-0.05, 0) is 48.8 Å². The topological polar surface area (TPSA) is 30.5 Å². The van der Waals surface area contributed by atoms with Crippen LogP contribution in [-0.2, 0) is 6.54 Å². The average Bonchev–Trinajstić information content (AvgIpc) is 3.11. The minimum atomic E-state index is 0.338. The van der Waals surface area contributed by atoms with E-state index in [-0.39, 0.29) is 0 Å². The Kier molecular flexibility index (Phi) is 2.96. The zero-order chi connectivity index (χ0) is 12.8. The minimum Gasteiger partial charge on any atom is -0.454 e. The number of hydrogen-bond acceptors (Lipinski definition) is 3. The van der Waals surface area contributed by atoms with E-state index in [0.29, 0.717) is 6.79 Å². The Morgan fingerprint density at radius 2 is 2.00 bits per heavy atom. The summed E-state index contributed by atoms with van der Waals surface area (Å²) in [5.74, 6) is 3.61. The molecule has 102 valence electrons. The Bertz CT molecular complexity index is 505. The molecule has 2 saturated carbocycles. The minimum absolute atomic E-state index is 0.338. The van der Waals surface area contributed by atoms with E-state index < -0.39 is 0 Å². The zero-order valence-electron chi connectivity index (χ0n) is 10.8. The van der Waals surface area contributed by atoms with Gasteiger partial charge in [-0.1, -0.05) is 22.4 Å². The molecule has 1 aromatic carbocycles. The summed E-state index contributed by atoms with van der Waals surface area (Å²) < 4.78 is 11.9. The van der Waals surface area contributed by atoms with Crippen molar-refractivity contribution >= 4 is 15.9 Å². The summed E-state index contributed by atoms with van der Waals surface area (Å²) in [6.07, 6.45) is 5.69. The zero-order valence-corrected chi connectivity index (χ0v) is 12.4. The smallest absolute Gasteiger partial charge is 0.231 e. The van der Waals surface area contributed by atoms with E-state index >= 15 is 0 Å². The molecule has 2 fully saturated rings. The lowest BCUT2D eigenvalue weighted by atomic mass is 9.95. The number of benzene rings is 1. The summed E-state index contributed by atoms with van der Waals surface area (Å²) in [5.41, 5.74) is 1.26. The van der Waals surface area contributed by atoms with Crippen molar-refractivity contribution < 1.29 is 9.47 Å². The molecule has 1 aliphatic heterocycles. The quantitative estimate of drug-likeness (QED) is 0.924. The highest BCUT2D eigenvalue weighted by molar-refractivity contribution is 9.10. The van der Waals surface area contributed by atoms with Crippen LogP contribution in [0.1, 0.15) is 31.2 Å². The van der Waals surface area contributed by atoms with E-state index in [2.05, 4.69) is 27.3 Å². The predicted octanol–water partition coefficient (Wildman–Crippen LogP) is 3.46. The highest BCUT2D eigenvalue weighted by Gasteiger charge is 2.39. The molecule has 3 aliphatic rings. The van der Waals surface area contributed by atoms with Crippen LogP contribution in [0.5, 0.6) is 11.5 Å². The van der Waals surface area contributed by atoms with Crippen molar-refractivity contribution in [3.05, 3.63) is 22.2 Å². The number of ether oxygens (including phenoxy) is 2. The third-order valence-corrected chi connectivity index (χ3v) is 5.57. The van der Waals surface area contributed by atoms with Crippen molar-refractivity contribution in [1.29, 1.82) is 0 Å². The normalized spacial score (nSPS) is 31.1. The molecule has 1 N–H and O–H groups in total. The van der Waals surface area contributed by atoms with E-state index in [1.54, 1.807) is 0 Å². The van der Waals surface area contributed by atoms with Crippen molar-refractivity contribution in [2.24, 2.45) is 11.8 Å². The molecular formula is C15H18BrNO2. The number of halogens is 1. The molecule has 4 heteroatoms. The molecule has 2 aliphatic carbocycles. The molecule has 4 rings (SSSR count). The van der Waals surface area contributed by atoms with Crippen molar-refractivity contribution in [3.63, 3.8) is 0 Å². The summed E-state index contributed by atoms with van der Waals surface area (Å²) in [6, 6.07) is 4.82. The molecule has 0 spiro atoms. The molecule has 3 atom stereocenters. The van der Waals surface area contributed by atoms with Gasteiger partial charge in [0.05, 0.1) is 0 Å². The Balaban J connectivity index is 1.45. The van der Waals surface area contributed by atoms with Gasteiger partial charge >= 0.3 is 0 Å². The number of nitrogens with one attached hydrogen (secondary N) is 1. The molecule has 0 saturated heterocycles. The largest absolute Gasteiger partial charge is 0.454 e. The molecule has 3 unspecified atom stereocenters. The van der Waals surface area contributed by atoms with Crippen molar-refractivity contribution in [3.8, 4) is 11.5 Å². The van der Waals surface area contributed by atoms with Gasteiger partial charge in [-0.25, -0.2) is 0 Å². The van der Waals surface area contributed by atoms with Crippen LogP contribution in [0.4, 0.5) is 0 Å². The van der Waals surface area contributed by atoms with Crippen LogP contribution >= 0.6 is 15.9 Å². The number of rotatable bonds is 3. The van der Waals surface area contributed by atoms with Crippen molar-refractivity contribution in [1.82, 2.24) is 5.32 Å². The summed E-state index contributed by atoms with van der Waals surface area (Å²) >= 11 is 3.62. The molecule has 0 aromatic heterocycles. The lowest BCUT2D eigenvalue weighted by molar-refractivity contribution is 0.174.